The van der Waals surface area contributed by atoms with Crippen molar-refractivity contribution in [3.05, 3.63) is 47.4 Å². The van der Waals surface area contributed by atoms with Crippen LogP contribution in [0.25, 0.3) is 0 Å². The molecule has 0 saturated carbocycles. The molecule has 0 fully saturated rings. The quantitative estimate of drug-likeness (QED) is 0.884. The number of hydrogen-bond donors (Lipinski definition) is 1. The molecule has 0 bridgehead atoms. The van der Waals surface area contributed by atoms with E-state index < -0.39 is 0 Å². The summed E-state index contributed by atoms with van der Waals surface area (Å²) in [5.41, 5.74) is 6.69. The molecule has 1 aromatic heterocycles. The molecule has 18 heavy (non-hydrogen) atoms. The zero-order valence-electron chi connectivity index (χ0n) is 10.3. The molecule has 0 radical (unpaired) electrons. The number of hydrogen-bond acceptors (Lipinski definition) is 4. The van der Waals surface area contributed by atoms with Crippen LogP contribution in [-0.2, 0) is 6.42 Å². The Kier molecular flexibility index (Phi) is 4.04. The zero-order chi connectivity index (χ0) is 13.0. The first-order valence-electron chi connectivity index (χ1n) is 6.01. The summed E-state index contributed by atoms with van der Waals surface area (Å²) in [4.78, 5) is 4.23. The van der Waals surface area contributed by atoms with Crippen molar-refractivity contribution in [2.45, 2.75) is 32.2 Å². The minimum absolute atomic E-state index is 0.219. The van der Waals surface area contributed by atoms with Crippen molar-refractivity contribution in [3.8, 4) is 0 Å². The number of nitrogens with zero attached hydrogens (tertiary/aromatic N) is 2. The van der Waals surface area contributed by atoms with E-state index in [9.17, 15) is 4.39 Å². The molecular weight excluding hydrogens is 233 g/mol. The van der Waals surface area contributed by atoms with Crippen LogP contribution in [-0.4, -0.2) is 10.1 Å². The van der Waals surface area contributed by atoms with E-state index in [1.54, 1.807) is 6.07 Å². The molecule has 0 unspecified atom stereocenters. The van der Waals surface area contributed by atoms with Crippen molar-refractivity contribution < 1.29 is 8.91 Å². The predicted octanol–water partition coefficient (Wildman–Crippen LogP) is 2.60. The molecule has 1 heterocycles. The molecule has 96 valence electrons. The third-order valence-electron chi connectivity index (χ3n) is 2.65. The zero-order valence-corrected chi connectivity index (χ0v) is 10.3. The molecule has 1 atom stereocenters. The lowest BCUT2D eigenvalue weighted by molar-refractivity contribution is 0.345. The molecule has 4 nitrogen and oxygen atoms in total. The molecule has 0 spiro atoms. The predicted molar refractivity (Wildman–Crippen MR) is 65.3 cm³/mol. The van der Waals surface area contributed by atoms with E-state index in [1.807, 2.05) is 13.0 Å². The van der Waals surface area contributed by atoms with E-state index >= 15 is 0 Å². The van der Waals surface area contributed by atoms with Gasteiger partial charge in [0.2, 0.25) is 5.89 Å². The Hall–Kier alpha value is -1.75. The monoisotopic (exact) mass is 249 g/mol. The Bertz CT molecular complexity index is 512. The molecule has 1 aromatic carbocycles. The van der Waals surface area contributed by atoms with E-state index in [4.69, 9.17) is 10.3 Å². The van der Waals surface area contributed by atoms with Crippen molar-refractivity contribution in [2.24, 2.45) is 5.73 Å². The van der Waals surface area contributed by atoms with E-state index in [2.05, 4.69) is 10.1 Å². The third kappa shape index (κ3) is 3.13. The summed E-state index contributed by atoms with van der Waals surface area (Å²) in [6, 6.07) is 6.13. The second kappa shape index (κ2) is 5.73. The van der Waals surface area contributed by atoms with Crippen molar-refractivity contribution in [3.63, 3.8) is 0 Å². The third-order valence-corrected chi connectivity index (χ3v) is 2.65. The van der Waals surface area contributed by atoms with Gasteiger partial charge in [-0.3, -0.25) is 0 Å². The van der Waals surface area contributed by atoms with Gasteiger partial charge in [0.15, 0.2) is 5.82 Å². The molecule has 0 amide bonds. The lowest BCUT2D eigenvalue weighted by Crippen LogP contribution is -2.10. The molecule has 0 aliphatic carbocycles. The van der Waals surface area contributed by atoms with E-state index in [0.29, 0.717) is 18.1 Å². The van der Waals surface area contributed by atoms with Gasteiger partial charge in [0, 0.05) is 6.42 Å². The van der Waals surface area contributed by atoms with Gasteiger partial charge in [-0.15, -0.1) is 0 Å². The molecule has 5 heteroatoms. The van der Waals surface area contributed by atoms with Crippen molar-refractivity contribution in [2.75, 3.05) is 0 Å². The van der Waals surface area contributed by atoms with Crippen molar-refractivity contribution in [1.82, 2.24) is 10.1 Å². The number of halogens is 1. The highest BCUT2D eigenvalue weighted by molar-refractivity contribution is 5.19. The van der Waals surface area contributed by atoms with Gasteiger partial charge >= 0.3 is 0 Å². The van der Waals surface area contributed by atoms with Gasteiger partial charge in [0.05, 0.1) is 6.04 Å². The second-order valence-corrected chi connectivity index (χ2v) is 4.25. The first kappa shape index (κ1) is 12.7. The van der Waals surface area contributed by atoms with Crippen LogP contribution in [0.4, 0.5) is 4.39 Å². The Morgan fingerprint density at radius 2 is 2.28 bits per heavy atom. The SMILES string of the molecule is CCC[C@H](N)c1nc(Cc2cccc(F)c2)no1. The van der Waals surface area contributed by atoms with Crippen LogP contribution in [0.1, 0.15) is 43.1 Å². The number of rotatable bonds is 5. The second-order valence-electron chi connectivity index (χ2n) is 4.25. The van der Waals surface area contributed by atoms with Gasteiger partial charge in [0.1, 0.15) is 5.82 Å². The van der Waals surface area contributed by atoms with Gasteiger partial charge < -0.3 is 10.3 Å². The Labute approximate surface area is 105 Å². The average Bonchev–Trinajstić information content (AvgIpc) is 2.78. The summed E-state index contributed by atoms with van der Waals surface area (Å²) in [5.74, 6) is 0.712. The lowest BCUT2D eigenvalue weighted by Gasteiger charge is -2.02. The molecule has 0 aliphatic heterocycles. The maximum atomic E-state index is 13.0. The van der Waals surface area contributed by atoms with Crippen molar-refractivity contribution >= 4 is 0 Å². The van der Waals surface area contributed by atoms with Crippen LogP contribution in [0.3, 0.4) is 0 Å². The van der Waals surface area contributed by atoms with Gasteiger partial charge in [-0.05, 0) is 24.1 Å². The van der Waals surface area contributed by atoms with Gasteiger partial charge in [-0.2, -0.15) is 4.98 Å². The Morgan fingerprint density at radius 3 is 3.00 bits per heavy atom. The number of benzene rings is 1. The normalized spacial score (nSPS) is 12.6. The fraction of sp³-hybridized carbons (Fsp3) is 0.385. The fourth-order valence-electron chi connectivity index (χ4n) is 1.75. The molecule has 2 aromatic rings. The van der Waals surface area contributed by atoms with E-state index in [0.717, 1.165) is 18.4 Å². The first-order valence-corrected chi connectivity index (χ1v) is 6.01. The summed E-state index contributed by atoms with van der Waals surface area (Å²) in [7, 11) is 0. The highest BCUT2D eigenvalue weighted by atomic mass is 19.1. The number of aromatic nitrogens is 2. The van der Waals surface area contributed by atoms with E-state index in [1.165, 1.54) is 12.1 Å². The molecule has 0 saturated heterocycles. The minimum Gasteiger partial charge on any atom is -0.338 e. The highest BCUT2D eigenvalue weighted by Crippen LogP contribution is 2.15. The summed E-state index contributed by atoms with van der Waals surface area (Å²) in [5, 5.41) is 3.86. The van der Waals surface area contributed by atoms with Crippen molar-refractivity contribution in [1.29, 1.82) is 0 Å². The van der Waals surface area contributed by atoms with Crippen LogP contribution >= 0.6 is 0 Å². The largest absolute Gasteiger partial charge is 0.338 e. The smallest absolute Gasteiger partial charge is 0.243 e. The van der Waals surface area contributed by atoms with E-state index in [-0.39, 0.29) is 11.9 Å². The molecule has 2 N–H and O–H groups in total. The summed E-state index contributed by atoms with van der Waals surface area (Å²) < 4.78 is 18.1. The molecular formula is C13H16FN3O. The summed E-state index contributed by atoms with van der Waals surface area (Å²) in [6.07, 6.45) is 2.21. The number of nitrogens with two attached hydrogens (primary N) is 1. The standard InChI is InChI=1S/C13H16FN3O/c1-2-4-11(15)13-16-12(17-18-13)8-9-5-3-6-10(14)7-9/h3,5-7,11H,2,4,8,15H2,1H3/t11-/m0/s1. The maximum Gasteiger partial charge on any atom is 0.243 e. The van der Waals surface area contributed by atoms with Crippen LogP contribution < -0.4 is 5.73 Å². The Balaban J connectivity index is 2.06. The maximum absolute atomic E-state index is 13.0. The molecule has 2 rings (SSSR count). The van der Waals surface area contributed by atoms with Gasteiger partial charge in [-0.25, -0.2) is 4.39 Å². The lowest BCUT2D eigenvalue weighted by atomic mass is 10.1. The highest BCUT2D eigenvalue weighted by Gasteiger charge is 2.14. The van der Waals surface area contributed by atoms with Crippen LogP contribution in [0, 0.1) is 5.82 Å². The topological polar surface area (TPSA) is 64.9 Å². The first-order chi connectivity index (χ1) is 8.69. The molecule has 0 aliphatic rings. The van der Waals surface area contributed by atoms with Crippen LogP contribution in [0.15, 0.2) is 28.8 Å². The average molecular weight is 249 g/mol. The summed E-state index contributed by atoms with van der Waals surface area (Å²) in [6.45, 7) is 2.05. The van der Waals surface area contributed by atoms with Crippen LogP contribution in [0.5, 0.6) is 0 Å². The van der Waals surface area contributed by atoms with Gasteiger partial charge in [-0.1, -0.05) is 30.6 Å². The Morgan fingerprint density at radius 1 is 1.44 bits per heavy atom. The minimum atomic E-state index is -0.265. The summed E-state index contributed by atoms with van der Waals surface area (Å²) >= 11 is 0. The fourth-order valence-corrected chi connectivity index (χ4v) is 1.75. The van der Waals surface area contributed by atoms with Crippen LogP contribution in [0.2, 0.25) is 0 Å². The van der Waals surface area contributed by atoms with Gasteiger partial charge in [0.25, 0.3) is 0 Å².